The summed E-state index contributed by atoms with van der Waals surface area (Å²) in [7, 11) is -2.21. The Morgan fingerprint density at radius 2 is 1.93 bits per heavy atom. The predicted molar refractivity (Wildman–Crippen MR) is 61.2 cm³/mol. The molecule has 0 amide bonds. The van der Waals surface area contributed by atoms with Crippen LogP contribution in [0.1, 0.15) is 26.7 Å². The van der Waals surface area contributed by atoms with Gasteiger partial charge in [0, 0.05) is 18.8 Å². The van der Waals surface area contributed by atoms with Crippen molar-refractivity contribution in [1.29, 1.82) is 0 Å². The van der Waals surface area contributed by atoms with Crippen LogP contribution >= 0.6 is 7.14 Å². The highest BCUT2D eigenvalue weighted by molar-refractivity contribution is 7.63. The van der Waals surface area contributed by atoms with Crippen LogP contribution in [-0.4, -0.2) is 25.3 Å². The van der Waals surface area contributed by atoms with E-state index in [0.29, 0.717) is 6.42 Å². The smallest absolute Gasteiger partial charge is 0.143 e. The van der Waals surface area contributed by atoms with E-state index < -0.39 is 7.14 Å². The van der Waals surface area contributed by atoms with Crippen molar-refractivity contribution < 1.29 is 9.36 Å². The van der Waals surface area contributed by atoms with Crippen molar-refractivity contribution in [1.82, 2.24) is 0 Å². The van der Waals surface area contributed by atoms with Crippen LogP contribution in [0.15, 0.2) is 0 Å². The van der Waals surface area contributed by atoms with Gasteiger partial charge < -0.3 is 4.57 Å². The van der Waals surface area contributed by atoms with Gasteiger partial charge in [0.15, 0.2) is 0 Å². The molecular weight excluding hydrogens is 195 g/mol. The lowest BCUT2D eigenvalue weighted by Gasteiger charge is -2.09. The van der Waals surface area contributed by atoms with E-state index in [-0.39, 0.29) is 17.9 Å². The van der Waals surface area contributed by atoms with Crippen molar-refractivity contribution >= 4 is 12.9 Å². The molecule has 0 heterocycles. The SMILES string of the molecule is CCC#CC[C@H](C)C(=O)CP(C)(C)=O. The van der Waals surface area contributed by atoms with Gasteiger partial charge in [0.2, 0.25) is 0 Å². The molecule has 0 aromatic rings. The summed E-state index contributed by atoms with van der Waals surface area (Å²) in [4.78, 5) is 11.5. The Hall–Kier alpha value is -0.540. The molecule has 0 spiro atoms. The number of hydrogen-bond acceptors (Lipinski definition) is 2. The highest BCUT2D eigenvalue weighted by Crippen LogP contribution is 2.36. The third-order valence-electron chi connectivity index (χ3n) is 1.80. The maximum absolute atomic E-state index is 11.5. The maximum Gasteiger partial charge on any atom is 0.143 e. The predicted octanol–water partition coefficient (Wildman–Crippen LogP) is 2.62. The van der Waals surface area contributed by atoms with Gasteiger partial charge in [-0.3, -0.25) is 4.79 Å². The average Bonchev–Trinajstić information content (AvgIpc) is 2.01. The highest BCUT2D eigenvalue weighted by Gasteiger charge is 2.18. The molecule has 0 aromatic heterocycles. The summed E-state index contributed by atoms with van der Waals surface area (Å²) in [6.45, 7) is 7.12. The Labute approximate surface area is 86.8 Å². The normalized spacial score (nSPS) is 12.9. The molecule has 1 atom stereocenters. The second kappa shape index (κ2) is 6.04. The zero-order chi connectivity index (χ0) is 11.2. The minimum absolute atomic E-state index is 0.0729. The van der Waals surface area contributed by atoms with E-state index in [9.17, 15) is 9.36 Å². The molecule has 3 heteroatoms. The van der Waals surface area contributed by atoms with Gasteiger partial charge in [-0.05, 0) is 13.3 Å². The fourth-order valence-electron chi connectivity index (χ4n) is 0.995. The monoisotopic (exact) mass is 214 g/mol. The van der Waals surface area contributed by atoms with Crippen molar-refractivity contribution in [2.75, 3.05) is 19.5 Å². The van der Waals surface area contributed by atoms with Crippen molar-refractivity contribution in [3.8, 4) is 11.8 Å². The van der Waals surface area contributed by atoms with E-state index in [1.807, 2.05) is 13.8 Å². The Morgan fingerprint density at radius 3 is 2.36 bits per heavy atom. The number of carbonyl (C=O) groups excluding carboxylic acids is 1. The minimum atomic E-state index is -2.21. The van der Waals surface area contributed by atoms with Crippen LogP contribution in [0.4, 0.5) is 0 Å². The van der Waals surface area contributed by atoms with E-state index >= 15 is 0 Å². The maximum atomic E-state index is 11.5. The summed E-state index contributed by atoms with van der Waals surface area (Å²) < 4.78 is 11.4. The van der Waals surface area contributed by atoms with E-state index in [1.165, 1.54) is 0 Å². The molecule has 0 aliphatic heterocycles. The molecule has 0 saturated heterocycles. The molecule has 0 saturated carbocycles. The topological polar surface area (TPSA) is 34.1 Å². The molecule has 2 nitrogen and oxygen atoms in total. The molecule has 0 aliphatic rings. The standard InChI is InChI=1S/C11H19O2P/c1-5-6-7-8-10(2)11(12)9-14(3,4)13/h10H,5,8-9H2,1-4H3/t10-/m0/s1. The van der Waals surface area contributed by atoms with Crippen molar-refractivity contribution in [3.63, 3.8) is 0 Å². The Balaban J connectivity index is 4.07. The van der Waals surface area contributed by atoms with Crippen molar-refractivity contribution in [3.05, 3.63) is 0 Å². The zero-order valence-electron chi connectivity index (χ0n) is 9.46. The summed E-state index contributed by atoms with van der Waals surface area (Å²) in [6.07, 6.45) is 1.62. The molecule has 0 radical (unpaired) electrons. The van der Waals surface area contributed by atoms with Gasteiger partial charge in [-0.25, -0.2) is 0 Å². The lowest BCUT2D eigenvalue weighted by molar-refractivity contribution is -0.119. The molecule has 0 unspecified atom stereocenters. The first kappa shape index (κ1) is 13.5. The third kappa shape index (κ3) is 6.92. The first-order valence-electron chi connectivity index (χ1n) is 4.89. The molecular formula is C11H19O2P. The number of ketones is 1. The van der Waals surface area contributed by atoms with E-state index in [1.54, 1.807) is 13.3 Å². The van der Waals surface area contributed by atoms with Crippen LogP contribution in [-0.2, 0) is 9.36 Å². The molecule has 14 heavy (non-hydrogen) atoms. The Kier molecular flexibility index (Phi) is 5.81. The van der Waals surface area contributed by atoms with Crippen LogP contribution in [0, 0.1) is 17.8 Å². The lowest BCUT2D eigenvalue weighted by atomic mass is 10.0. The molecule has 80 valence electrons. The van der Waals surface area contributed by atoms with Crippen molar-refractivity contribution in [2.24, 2.45) is 5.92 Å². The molecule has 0 aliphatic carbocycles. The second-order valence-electron chi connectivity index (χ2n) is 4.01. The number of rotatable bonds is 4. The van der Waals surface area contributed by atoms with Gasteiger partial charge in [-0.1, -0.05) is 13.8 Å². The van der Waals surface area contributed by atoms with Crippen LogP contribution < -0.4 is 0 Å². The van der Waals surface area contributed by atoms with Crippen LogP contribution in [0.25, 0.3) is 0 Å². The highest BCUT2D eigenvalue weighted by atomic mass is 31.2. The Bertz CT molecular complexity index is 290. The number of Topliss-reactive ketones (excluding diaryl/α,β-unsaturated/α-hetero) is 1. The second-order valence-corrected chi connectivity index (χ2v) is 7.47. The number of carbonyl (C=O) groups is 1. The van der Waals surface area contributed by atoms with Gasteiger partial charge in [-0.15, -0.1) is 11.8 Å². The lowest BCUT2D eigenvalue weighted by Crippen LogP contribution is -2.14. The van der Waals surface area contributed by atoms with Gasteiger partial charge >= 0.3 is 0 Å². The summed E-state index contributed by atoms with van der Waals surface area (Å²) in [5.74, 6) is 5.86. The van der Waals surface area contributed by atoms with Gasteiger partial charge in [0.25, 0.3) is 0 Å². The fourth-order valence-corrected chi connectivity index (χ4v) is 2.06. The third-order valence-corrected chi connectivity index (χ3v) is 2.87. The first-order valence-corrected chi connectivity index (χ1v) is 7.68. The quantitative estimate of drug-likeness (QED) is 0.532. The van der Waals surface area contributed by atoms with Gasteiger partial charge in [0.1, 0.15) is 5.78 Å². The molecule has 0 rings (SSSR count). The van der Waals surface area contributed by atoms with E-state index in [0.717, 1.165) is 6.42 Å². The van der Waals surface area contributed by atoms with E-state index in [2.05, 4.69) is 11.8 Å². The van der Waals surface area contributed by atoms with Crippen LogP contribution in [0.3, 0.4) is 0 Å². The van der Waals surface area contributed by atoms with Crippen LogP contribution in [0.2, 0.25) is 0 Å². The zero-order valence-corrected chi connectivity index (χ0v) is 10.4. The largest absolute Gasteiger partial charge is 0.324 e. The summed E-state index contributed by atoms with van der Waals surface area (Å²) in [6, 6.07) is 0. The molecule has 0 N–H and O–H groups in total. The fraction of sp³-hybridized carbons (Fsp3) is 0.727. The molecule has 0 aromatic carbocycles. The first-order chi connectivity index (χ1) is 6.37. The minimum Gasteiger partial charge on any atom is -0.324 e. The average molecular weight is 214 g/mol. The van der Waals surface area contributed by atoms with Crippen molar-refractivity contribution in [2.45, 2.75) is 26.7 Å². The summed E-state index contributed by atoms with van der Waals surface area (Å²) >= 11 is 0. The number of hydrogen-bond donors (Lipinski definition) is 0. The molecule has 0 fully saturated rings. The Morgan fingerprint density at radius 1 is 1.36 bits per heavy atom. The van der Waals surface area contributed by atoms with Gasteiger partial charge in [-0.2, -0.15) is 0 Å². The van der Waals surface area contributed by atoms with E-state index in [4.69, 9.17) is 0 Å². The van der Waals surface area contributed by atoms with Gasteiger partial charge in [0.05, 0.1) is 13.3 Å². The van der Waals surface area contributed by atoms with Crippen LogP contribution in [0.5, 0.6) is 0 Å². The molecule has 0 bridgehead atoms. The summed E-state index contributed by atoms with van der Waals surface area (Å²) in [5.41, 5.74) is 0. The summed E-state index contributed by atoms with van der Waals surface area (Å²) in [5, 5.41) is 0.